The summed E-state index contributed by atoms with van der Waals surface area (Å²) in [6.45, 7) is 12.5. The minimum absolute atomic E-state index is 0.546. The lowest BCUT2D eigenvalue weighted by Gasteiger charge is -2.22. The highest BCUT2D eigenvalue weighted by atomic mass is 16.6. The summed E-state index contributed by atoms with van der Waals surface area (Å²) in [6.07, 6.45) is -1.09. The molecule has 0 spiro atoms. The van der Waals surface area contributed by atoms with Crippen molar-refractivity contribution in [3.63, 3.8) is 0 Å². The Balaban J connectivity index is 2.82. The van der Waals surface area contributed by atoms with E-state index in [9.17, 15) is 9.59 Å². The molecule has 2 amide bonds. The number of rotatable bonds is 2. The number of hydrogen-bond acceptors (Lipinski definition) is 4. The molecule has 0 heterocycles. The van der Waals surface area contributed by atoms with Crippen molar-refractivity contribution < 1.29 is 19.1 Å². The van der Waals surface area contributed by atoms with E-state index in [4.69, 9.17) is 9.47 Å². The molecule has 0 atom stereocenters. The number of anilines is 2. The number of ether oxygens (including phenoxy) is 2. The third-order valence-corrected chi connectivity index (χ3v) is 2.61. The van der Waals surface area contributed by atoms with Gasteiger partial charge in [0.15, 0.2) is 0 Å². The lowest BCUT2D eigenvalue weighted by atomic mass is 10.1. The monoisotopic (exact) mass is 322 g/mol. The fraction of sp³-hybridized carbons (Fsp3) is 0.529. The van der Waals surface area contributed by atoms with Gasteiger partial charge in [0.05, 0.1) is 0 Å². The molecule has 1 rings (SSSR count). The van der Waals surface area contributed by atoms with Gasteiger partial charge in [-0.25, -0.2) is 9.59 Å². The van der Waals surface area contributed by atoms with Gasteiger partial charge >= 0.3 is 12.2 Å². The third kappa shape index (κ3) is 7.04. The molecular formula is C17H26N2O4. The van der Waals surface area contributed by atoms with Gasteiger partial charge in [0.2, 0.25) is 0 Å². The van der Waals surface area contributed by atoms with Gasteiger partial charge in [-0.05, 0) is 66.2 Å². The summed E-state index contributed by atoms with van der Waals surface area (Å²) in [5, 5.41) is 5.35. The molecule has 2 N–H and O–H groups in total. The van der Waals surface area contributed by atoms with E-state index in [0.29, 0.717) is 16.9 Å². The first-order valence-electron chi connectivity index (χ1n) is 7.47. The quantitative estimate of drug-likeness (QED) is 0.828. The van der Waals surface area contributed by atoms with Crippen LogP contribution in [0.25, 0.3) is 0 Å². The number of benzene rings is 1. The molecule has 128 valence electrons. The van der Waals surface area contributed by atoms with Crippen LogP contribution in [0.2, 0.25) is 0 Å². The highest BCUT2D eigenvalue weighted by molar-refractivity contribution is 5.91. The maximum Gasteiger partial charge on any atom is 0.412 e. The SMILES string of the molecule is Cc1c(NC(=O)OC(C)(C)C)cccc1NC(=O)OC(C)(C)C. The number of nitrogens with one attached hydrogen (secondary N) is 2. The van der Waals surface area contributed by atoms with Gasteiger partial charge in [-0.1, -0.05) is 6.07 Å². The number of carbonyl (C=O) groups is 2. The summed E-state index contributed by atoms with van der Waals surface area (Å²) < 4.78 is 10.4. The van der Waals surface area contributed by atoms with Crippen LogP contribution in [-0.4, -0.2) is 23.4 Å². The lowest BCUT2D eigenvalue weighted by molar-refractivity contribution is 0.0625. The largest absolute Gasteiger partial charge is 0.444 e. The fourth-order valence-corrected chi connectivity index (χ4v) is 1.73. The molecule has 0 fully saturated rings. The minimum Gasteiger partial charge on any atom is -0.444 e. The fourth-order valence-electron chi connectivity index (χ4n) is 1.73. The first-order chi connectivity index (χ1) is 10.4. The molecule has 6 heteroatoms. The molecule has 0 unspecified atom stereocenters. The van der Waals surface area contributed by atoms with Crippen LogP contribution in [0.3, 0.4) is 0 Å². The van der Waals surface area contributed by atoms with Gasteiger partial charge in [0, 0.05) is 11.4 Å². The summed E-state index contributed by atoms with van der Waals surface area (Å²) in [4.78, 5) is 23.7. The maximum absolute atomic E-state index is 11.9. The average Bonchev–Trinajstić information content (AvgIpc) is 2.29. The highest BCUT2D eigenvalue weighted by Gasteiger charge is 2.19. The Hall–Kier alpha value is -2.24. The zero-order valence-corrected chi connectivity index (χ0v) is 14.9. The molecule has 0 saturated carbocycles. The van der Waals surface area contributed by atoms with Crippen molar-refractivity contribution in [2.24, 2.45) is 0 Å². The third-order valence-electron chi connectivity index (χ3n) is 2.61. The van der Waals surface area contributed by atoms with Crippen LogP contribution < -0.4 is 10.6 Å². The van der Waals surface area contributed by atoms with E-state index in [1.807, 2.05) is 0 Å². The van der Waals surface area contributed by atoms with Crippen LogP contribution in [0.15, 0.2) is 18.2 Å². The summed E-state index contributed by atoms with van der Waals surface area (Å²) in [5.74, 6) is 0. The zero-order chi connectivity index (χ0) is 17.8. The van der Waals surface area contributed by atoms with Crippen molar-refractivity contribution in [2.45, 2.75) is 59.7 Å². The van der Waals surface area contributed by atoms with E-state index < -0.39 is 23.4 Å². The smallest absolute Gasteiger partial charge is 0.412 e. The average molecular weight is 322 g/mol. The van der Waals surface area contributed by atoms with Gasteiger partial charge < -0.3 is 9.47 Å². The van der Waals surface area contributed by atoms with Crippen molar-refractivity contribution in [3.05, 3.63) is 23.8 Å². The maximum atomic E-state index is 11.9. The molecule has 0 aliphatic rings. The molecule has 1 aromatic rings. The Morgan fingerprint density at radius 3 is 1.48 bits per heavy atom. The first-order valence-corrected chi connectivity index (χ1v) is 7.47. The van der Waals surface area contributed by atoms with Crippen molar-refractivity contribution in [3.8, 4) is 0 Å². The van der Waals surface area contributed by atoms with E-state index in [1.54, 1.807) is 66.7 Å². The van der Waals surface area contributed by atoms with Gasteiger partial charge in [-0.15, -0.1) is 0 Å². The molecule has 0 bridgehead atoms. The molecule has 0 aliphatic carbocycles. The summed E-state index contributed by atoms with van der Waals surface area (Å²) in [7, 11) is 0. The van der Waals surface area contributed by atoms with E-state index in [2.05, 4.69) is 10.6 Å². The Bertz CT molecular complexity index is 535. The normalized spacial score (nSPS) is 11.6. The molecule has 23 heavy (non-hydrogen) atoms. The van der Waals surface area contributed by atoms with Crippen molar-refractivity contribution in [1.29, 1.82) is 0 Å². The Labute approximate surface area is 137 Å². The summed E-state index contributed by atoms with van der Waals surface area (Å²) in [5.41, 5.74) is 0.680. The molecule has 1 aromatic carbocycles. The first kappa shape index (κ1) is 18.8. The van der Waals surface area contributed by atoms with Crippen LogP contribution >= 0.6 is 0 Å². The molecule has 0 saturated heterocycles. The van der Waals surface area contributed by atoms with E-state index >= 15 is 0 Å². The van der Waals surface area contributed by atoms with Crippen LogP contribution in [0, 0.1) is 6.92 Å². The second-order valence-corrected chi connectivity index (χ2v) is 7.23. The van der Waals surface area contributed by atoms with Gasteiger partial charge in [0.25, 0.3) is 0 Å². The molecule has 6 nitrogen and oxygen atoms in total. The lowest BCUT2D eigenvalue weighted by Crippen LogP contribution is -2.28. The minimum atomic E-state index is -0.579. The van der Waals surface area contributed by atoms with E-state index in [1.165, 1.54) is 0 Å². The number of carbonyl (C=O) groups excluding carboxylic acids is 2. The van der Waals surface area contributed by atoms with Crippen LogP contribution in [0.5, 0.6) is 0 Å². The Morgan fingerprint density at radius 2 is 1.17 bits per heavy atom. The standard InChI is InChI=1S/C17H26N2O4/c1-11-12(18-14(20)22-16(2,3)4)9-8-10-13(11)19-15(21)23-17(5,6)7/h8-10H,1-7H3,(H,18,20)(H,19,21). The highest BCUT2D eigenvalue weighted by Crippen LogP contribution is 2.24. The molecular weight excluding hydrogens is 296 g/mol. The molecule has 0 aromatic heterocycles. The van der Waals surface area contributed by atoms with Gasteiger partial charge in [-0.2, -0.15) is 0 Å². The predicted molar refractivity (Wildman–Crippen MR) is 90.9 cm³/mol. The van der Waals surface area contributed by atoms with E-state index in [0.717, 1.165) is 0 Å². The van der Waals surface area contributed by atoms with E-state index in [-0.39, 0.29) is 0 Å². The van der Waals surface area contributed by atoms with Crippen LogP contribution in [-0.2, 0) is 9.47 Å². The van der Waals surface area contributed by atoms with Crippen molar-refractivity contribution in [1.82, 2.24) is 0 Å². The second-order valence-electron chi connectivity index (χ2n) is 7.23. The Kier molecular flexibility index (Phi) is 5.64. The van der Waals surface area contributed by atoms with Gasteiger partial charge in [0.1, 0.15) is 11.2 Å². The Morgan fingerprint density at radius 1 is 0.826 bits per heavy atom. The predicted octanol–water partition coefficient (Wildman–Crippen LogP) is 4.69. The molecule has 0 radical (unpaired) electrons. The van der Waals surface area contributed by atoms with Crippen LogP contribution in [0.4, 0.5) is 21.0 Å². The zero-order valence-electron chi connectivity index (χ0n) is 14.9. The number of amides is 2. The van der Waals surface area contributed by atoms with Crippen molar-refractivity contribution >= 4 is 23.6 Å². The van der Waals surface area contributed by atoms with Gasteiger partial charge in [-0.3, -0.25) is 10.6 Å². The second kappa shape index (κ2) is 6.89. The summed E-state index contributed by atoms with van der Waals surface area (Å²) in [6, 6.07) is 5.20. The molecule has 0 aliphatic heterocycles. The van der Waals surface area contributed by atoms with Crippen molar-refractivity contribution in [2.75, 3.05) is 10.6 Å². The number of hydrogen-bond donors (Lipinski definition) is 2. The topological polar surface area (TPSA) is 76.7 Å². The van der Waals surface area contributed by atoms with Crippen LogP contribution in [0.1, 0.15) is 47.1 Å². The summed E-state index contributed by atoms with van der Waals surface area (Å²) >= 11 is 0.